The van der Waals surface area contributed by atoms with E-state index in [0.29, 0.717) is 18.7 Å². The summed E-state index contributed by atoms with van der Waals surface area (Å²) in [6, 6.07) is 8.34. The van der Waals surface area contributed by atoms with E-state index >= 15 is 0 Å². The van der Waals surface area contributed by atoms with Crippen LogP contribution in [0.25, 0.3) is 0 Å². The Labute approximate surface area is 116 Å². The lowest BCUT2D eigenvalue weighted by molar-refractivity contribution is -0.674. The Morgan fingerprint density at radius 3 is 2.65 bits per heavy atom. The number of carboxylic acid groups (broad SMARTS) is 1. The van der Waals surface area contributed by atoms with Crippen molar-refractivity contribution in [2.75, 3.05) is 11.4 Å². The van der Waals surface area contributed by atoms with Gasteiger partial charge < -0.3 is 15.2 Å². The number of carbonyl (C=O) groups is 3. The zero-order valence-corrected chi connectivity index (χ0v) is 11.0. The third-order valence-electron chi connectivity index (χ3n) is 3.23. The van der Waals surface area contributed by atoms with Crippen LogP contribution in [0.3, 0.4) is 0 Å². The molecule has 0 unspecified atom stereocenters. The molecule has 0 aromatic heterocycles. The quantitative estimate of drug-likeness (QED) is 0.501. The zero-order valence-electron chi connectivity index (χ0n) is 11.0. The maximum Gasteiger partial charge on any atom is 0.292 e. The van der Waals surface area contributed by atoms with E-state index in [2.05, 4.69) is 0 Å². The minimum Gasteiger partial charge on any atom is -0.550 e. The lowest BCUT2D eigenvalue weighted by Crippen LogP contribution is -2.91. The van der Waals surface area contributed by atoms with Gasteiger partial charge in [-0.05, 0) is 18.6 Å². The summed E-state index contributed by atoms with van der Waals surface area (Å²) in [7, 11) is 0. The van der Waals surface area contributed by atoms with Gasteiger partial charge in [-0.3, -0.25) is 9.59 Å². The third-order valence-corrected chi connectivity index (χ3v) is 3.23. The topological polar surface area (TPSA) is 94.1 Å². The van der Waals surface area contributed by atoms with Gasteiger partial charge in [-0.1, -0.05) is 18.2 Å². The number of quaternary nitrogens is 1. The molecule has 2 rings (SSSR count). The molecule has 1 saturated heterocycles. The molecule has 0 bridgehead atoms. The number of imide groups is 1. The first-order valence-electron chi connectivity index (χ1n) is 6.54. The lowest BCUT2D eigenvalue weighted by atomic mass is 10.2. The summed E-state index contributed by atoms with van der Waals surface area (Å²) in [6.45, 7) is 0.486. The Morgan fingerprint density at radius 2 is 2.00 bits per heavy atom. The SMILES string of the molecule is O=C([O-])CCC[NH2+][C@H]1CC(=O)N(c2ccccc2)C1=O. The molecule has 1 atom stereocenters. The second-order valence-corrected chi connectivity index (χ2v) is 4.71. The van der Waals surface area contributed by atoms with Crippen LogP contribution in [0, 0.1) is 0 Å². The van der Waals surface area contributed by atoms with Crippen molar-refractivity contribution in [3.63, 3.8) is 0 Å². The number of hydrogen-bond donors (Lipinski definition) is 1. The lowest BCUT2D eigenvalue weighted by Gasteiger charge is -2.13. The van der Waals surface area contributed by atoms with Gasteiger partial charge in [0.15, 0.2) is 6.04 Å². The Morgan fingerprint density at radius 1 is 1.30 bits per heavy atom. The van der Waals surface area contributed by atoms with Crippen LogP contribution in [0.2, 0.25) is 0 Å². The average Bonchev–Trinajstić information content (AvgIpc) is 2.70. The number of carbonyl (C=O) groups excluding carboxylic acids is 3. The second-order valence-electron chi connectivity index (χ2n) is 4.71. The minimum atomic E-state index is -1.10. The smallest absolute Gasteiger partial charge is 0.292 e. The fraction of sp³-hybridized carbons (Fsp3) is 0.357. The van der Waals surface area contributed by atoms with Gasteiger partial charge in [0.05, 0.1) is 18.7 Å². The van der Waals surface area contributed by atoms with Crippen molar-refractivity contribution in [2.24, 2.45) is 0 Å². The first-order valence-corrected chi connectivity index (χ1v) is 6.54. The molecule has 20 heavy (non-hydrogen) atoms. The van der Waals surface area contributed by atoms with Crippen molar-refractivity contribution in [1.82, 2.24) is 0 Å². The minimum absolute atomic E-state index is 0.0340. The van der Waals surface area contributed by atoms with Crippen LogP contribution in [-0.4, -0.2) is 30.4 Å². The van der Waals surface area contributed by atoms with Crippen LogP contribution in [0.15, 0.2) is 30.3 Å². The molecule has 0 spiro atoms. The standard InChI is InChI=1S/C14H16N2O4/c17-12-9-11(15-8-4-7-13(18)19)14(20)16(12)10-5-2-1-3-6-10/h1-3,5-6,11,15H,4,7-9H2,(H,18,19)/t11-/m0/s1. The molecule has 1 aliphatic rings. The fourth-order valence-electron chi connectivity index (χ4n) is 2.25. The summed E-state index contributed by atoms with van der Waals surface area (Å²) in [6.07, 6.45) is 0.540. The maximum absolute atomic E-state index is 12.2. The molecule has 2 amide bonds. The molecular formula is C14H16N2O4. The molecule has 0 radical (unpaired) electrons. The third kappa shape index (κ3) is 3.21. The number of aliphatic carboxylic acids is 1. The van der Waals surface area contributed by atoms with E-state index < -0.39 is 12.0 Å². The van der Waals surface area contributed by atoms with E-state index in [1.54, 1.807) is 29.6 Å². The normalized spacial score (nSPS) is 18.6. The Hall–Kier alpha value is -2.21. The van der Waals surface area contributed by atoms with Crippen LogP contribution in [-0.2, 0) is 14.4 Å². The van der Waals surface area contributed by atoms with Crippen LogP contribution in [0.1, 0.15) is 19.3 Å². The number of amides is 2. The van der Waals surface area contributed by atoms with Crippen LogP contribution in [0.4, 0.5) is 5.69 Å². The van der Waals surface area contributed by atoms with E-state index in [1.165, 1.54) is 4.90 Å². The molecule has 6 nitrogen and oxygen atoms in total. The molecule has 1 aliphatic heterocycles. The van der Waals surface area contributed by atoms with Gasteiger partial charge in [0, 0.05) is 12.4 Å². The number of para-hydroxylation sites is 1. The number of anilines is 1. The van der Waals surface area contributed by atoms with E-state index in [0.717, 1.165) is 0 Å². The van der Waals surface area contributed by atoms with E-state index in [-0.39, 0.29) is 24.7 Å². The van der Waals surface area contributed by atoms with Gasteiger partial charge in [-0.2, -0.15) is 0 Å². The van der Waals surface area contributed by atoms with Gasteiger partial charge in [0.25, 0.3) is 5.91 Å². The van der Waals surface area contributed by atoms with Crippen LogP contribution < -0.4 is 15.3 Å². The van der Waals surface area contributed by atoms with Gasteiger partial charge in [-0.15, -0.1) is 0 Å². The largest absolute Gasteiger partial charge is 0.550 e. The highest BCUT2D eigenvalue weighted by Gasteiger charge is 2.41. The molecule has 106 valence electrons. The van der Waals surface area contributed by atoms with Crippen molar-refractivity contribution in [2.45, 2.75) is 25.3 Å². The fourth-order valence-corrected chi connectivity index (χ4v) is 2.25. The van der Waals surface area contributed by atoms with Crippen LogP contribution in [0.5, 0.6) is 0 Å². The van der Waals surface area contributed by atoms with E-state index in [1.807, 2.05) is 6.07 Å². The number of nitrogens with zero attached hydrogens (tertiary/aromatic N) is 1. The molecule has 2 N–H and O–H groups in total. The molecule has 6 heteroatoms. The molecular weight excluding hydrogens is 260 g/mol. The first kappa shape index (κ1) is 14.2. The molecule has 0 saturated carbocycles. The van der Waals surface area contributed by atoms with E-state index in [9.17, 15) is 19.5 Å². The number of benzene rings is 1. The Bertz CT molecular complexity index is 515. The van der Waals surface area contributed by atoms with Gasteiger partial charge >= 0.3 is 0 Å². The predicted octanol–water partition coefficient (Wildman–Crippen LogP) is -1.59. The summed E-state index contributed by atoms with van der Waals surface area (Å²) >= 11 is 0. The molecule has 1 fully saturated rings. The molecule has 1 heterocycles. The summed E-state index contributed by atoms with van der Waals surface area (Å²) in [4.78, 5) is 35.6. The number of nitrogens with two attached hydrogens (primary N) is 1. The summed E-state index contributed by atoms with van der Waals surface area (Å²) in [5.74, 6) is -1.56. The van der Waals surface area contributed by atoms with Crippen molar-refractivity contribution in [3.8, 4) is 0 Å². The van der Waals surface area contributed by atoms with Gasteiger partial charge in [0.2, 0.25) is 5.91 Å². The molecule has 1 aromatic rings. The number of carboxylic acids is 1. The highest BCUT2D eigenvalue weighted by molar-refractivity contribution is 6.21. The Balaban J connectivity index is 1.94. The summed E-state index contributed by atoms with van der Waals surface area (Å²) in [5, 5.41) is 12.0. The zero-order chi connectivity index (χ0) is 14.5. The Kier molecular flexibility index (Phi) is 4.47. The van der Waals surface area contributed by atoms with Crippen molar-refractivity contribution in [3.05, 3.63) is 30.3 Å². The predicted molar refractivity (Wildman–Crippen MR) is 68.4 cm³/mol. The highest BCUT2D eigenvalue weighted by atomic mass is 16.4. The maximum atomic E-state index is 12.2. The summed E-state index contributed by atoms with van der Waals surface area (Å²) in [5.41, 5.74) is 0.577. The van der Waals surface area contributed by atoms with E-state index in [4.69, 9.17) is 0 Å². The van der Waals surface area contributed by atoms with Crippen molar-refractivity contribution < 1.29 is 24.8 Å². The van der Waals surface area contributed by atoms with Crippen molar-refractivity contribution >= 4 is 23.5 Å². The van der Waals surface area contributed by atoms with Gasteiger partial charge in [0.1, 0.15) is 0 Å². The summed E-state index contributed by atoms with van der Waals surface area (Å²) < 4.78 is 0. The number of rotatable bonds is 6. The van der Waals surface area contributed by atoms with Crippen molar-refractivity contribution in [1.29, 1.82) is 0 Å². The molecule has 0 aliphatic carbocycles. The van der Waals surface area contributed by atoms with Crippen LogP contribution >= 0.6 is 0 Å². The first-order chi connectivity index (χ1) is 9.59. The second kappa shape index (κ2) is 6.29. The highest BCUT2D eigenvalue weighted by Crippen LogP contribution is 2.20. The van der Waals surface area contributed by atoms with Gasteiger partial charge in [-0.25, -0.2) is 4.90 Å². The number of hydrogen-bond acceptors (Lipinski definition) is 4. The molecule has 1 aromatic carbocycles. The average molecular weight is 276 g/mol. The monoisotopic (exact) mass is 276 g/mol.